The minimum Gasteiger partial charge on any atom is -0.325 e. The molecule has 0 fully saturated rings. The molecular formula is C21H21N3O3S2. The molecular weight excluding hydrogens is 406 g/mol. The number of carbonyl (C=O) groups is 1. The topological polar surface area (TPSA) is 89.0 Å². The van der Waals surface area contributed by atoms with Crippen molar-refractivity contribution in [3.8, 4) is 11.3 Å². The van der Waals surface area contributed by atoms with Crippen molar-refractivity contribution < 1.29 is 13.2 Å². The van der Waals surface area contributed by atoms with Gasteiger partial charge in [-0.05, 0) is 29.8 Å². The molecule has 1 heterocycles. The van der Waals surface area contributed by atoms with Gasteiger partial charge in [-0.15, -0.1) is 22.0 Å². The van der Waals surface area contributed by atoms with Gasteiger partial charge >= 0.3 is 0 Å². The summed E-state index contributed by atoms with van der Waals surface area (Å²) in [4.78, 5) is 12.2. The van der Waals surface area contributed by atoms with E-state index in [9.17, 15) is 13.2 Å². The van der Waals surface area contributed by atoms with Crippen LogP contribution in [0.2, 0.25) is 0 Å². The fourth-order valence-corrected chi connectivity index (χ4v) is 4.10. The first-order valence-electron chi connectivity index (χ1n) is 9.06. The number of benzene rings is 2. The molecule has 0 unspecified atom stereocenters. The highest BCUT2D eigenvalue weighted by Gasteiger charge is 2.14. The van der Waals surface area contributed by atoms with Crippen molar-refractivity contribution in [1.29, 1.82) is 0 Å². The van der Waals surface area contributed by atoms with Crippen molar-refractivity contribution in [3.63, 3.8) is 0 Å². The van der Waals surface area contributed by atoms with Gasteiger partial charge in [-0.25, -0.2) is 8.42 Å². The Morgan fingerprint density at radius 3 is 2.48 bits per heavy atom. The molecule has 0 radical (unpaired) electrons. The molecule has 0 saturated carbocycles. The van der Waals surface area contributed by atoms with Gasteiger partial charge in [0, 0.05) is 17.0 Å². The molecule has 2 aromatic carbocycles. The summed E-state index contributed by atoms with van der Waals surface area (Å²) in [6, 6.07) is 20.3. The summed E-state index contributed by atoms with van der Waals surface area (Å²) in [5, 5.41) is 10.7. The lowest BCUT2D eigenvalue weighted by Crippen LogP contribution is -2.14. The molecule has 1 amide bonds. The Balaban J connectivity index is 1.61. The smallest absolute Gasteiger partial charge is 0.234 e. The Bertz CT molecular complexity index is 1070. The van der Waals surface area contributed by atoms with E-state index in [4.69, 9.17) is 0 Å². The van der Waals surface area contributed by atoms with Gasteiger partial charge in [-0.3, -0.25) is 4.79 Å². The summed E-state index contributed by atoms with van der Waals surface area (Å²) < 4.78 is 23.7. The molecule has 0 aliphatic carbocycles. The number of sulfone groups is 1. The standard InChI is InChI=1S/C21H21N3O3S2/c1-2-29(26,27)21-12-11-19(23-24-21)17-9-6-10-18(13-17)22-20(25)15-28-14-16-7-4-3-5-8-16/h3-13H,2,14-15H2,1H3,(H,22,25). The van der Waals surface area contributed by atoms with Gasteiger partial charge in [0.05, 0.1) is 17.2 Å². The van der Waals surface area contributed by atoms with Crippen LogP contribution in [0.5, 0.6) is 0 Å². The zero-order valence-electron chi connectivity index (χ0n) is 15.9. The van der Waals surface area contributed by atoms with Gasteiger partial charge in [-0.2, -0.15) is 0 Å². The molecule has 3 aromatic rings. The second kappa shape index (κ2) is 9.67. The lowest BCUT2D eigenvalue weighted by atomic mass is 10.1. The number of carbonyl (C=O) groups excluding carboxylic acids is 1. The van der Waals surface area contributed by atoms with Crippen LogP contribution in [-0.2, 0) is 20.4 Å². The summed E-state index contributed by atoms with van der Waals surface area (Å²) in [5.41, 5.74) is 3.11. The van der Waals surface area contributed by atoms with Crippen molar-refractivity contribution in [1.82, 2.24) is 10.2 Å². The third-order valence-electron chi connectivity index (χ3n) is 4.13. The molecule has 0 atom stereocenters. The monoisotopic (exact) mass is 427 g/mol. The molecule has 150 valence electrons. The first kappa shape index (κ1) is 21.0. The normalized spacial score (nSPS) is 11.2. The minimum absolute atomic E-state index is 0.0230. The second-order valence-corrected chi connectivity index (χ2v) is 9.48. The molecule has 1 aromatic heterocycles. The summed E-state index contributed by atoms with van der Waals surface area (Å²) in [7, 11) is -3.38. The summed E-state index contributed by atoms with van der Waals surface area (Å²) in [6.45, 7) is 1.56. The Kier molecular flexibility index (Phi) is 7.00. The van der Waals surface area contributed by atoms with Crippen LogP contribution in [0.15, 0.2) is 71.8 Å². The number of amides is 1. The van der Waals surface area contributed by atoms with Gasteiger partial charge in [0.1, 0.15) is 0 Å². The molecule has 0 saturated heterocycles. The number of rotatable bonds is 8. The maximum atomic E-state index is 12.2. The Morgan fingerprint density at radius 1 is 1.00 bits per heavy atom. The molecule has 1 N–H and O–H groups in total. The van der Waals surface area contributed by atoms with E-state index in [1.165, 1.54) is 11.6 Å². The first-order valence-corrected chi connectivity index (χ1v) is 11.9. The molecule has 8 heteroatoms. The number of thioether (sulfide) groups is 1. The van der Waals surface area contributed by atoms with Crippen LogP contribution in [0.4, 0.5) is 5.69 Å². The zero-order chi connectivity index (χ0) is 20.7. The Morgan fingerprint density at radius 2 is 1.79 bits per heavy atom. The number of hydrogen-bond donors (Lipinski definition) is 1. The summed E-state index contributed by atoms with van der Waals surface area (Å²) >= 11 is 1.55. The third kappa shape index (κ3) is 5.88. The van der Waals surface area contributed by atoms with Gasteiger partial charge in [0.15, 0.2) is 14.9 Å². The largest absolute Gasteiger partial charge is 0.325 e. The quantitative estimate of drug-likeness (QED) is 0.588. The zero-order valence-corrected chi connectivity index (χ0v) is 17.5. The van der Waals surface area contributed by atoms with E-state index in [1.54, 1.807) is 43.0 Å². The molecule has 3 rings (SSSR count). The highest BCUT2D eigenvalue weighted by molar-refractivity contribution is 7.99. The summed E-state index contributed by atoms with van der Waals surface area (Å²) in [6.07, 6.45) is 0. The van der Waals surface area contributed by atoms with E-state index >= 15 is 0 Å². The summed E-state index contributed by atoms with van der Waals surface area (Å²) in [5.74, 6) is 1.02. The van der Waals surface area contributed by atoms with Gasteiger partial charge in [0.25, 0.3) is 0 Å². The lowest BCUT2D eigenvalue weighted by Gasteiger charge is -2.08. The van der Waals surface area contributed by atoms with Crippen LogP contribution in [0.3, 0.4) is 0 Å². The molecule has 0 aliphatic rings. The number of nitrogens with one attached hydrogen (secondary N) is 1. The van der Waals surface area contributed by atoms with E-state index in [0.717, 1.165) is 11.3 Å². The molecule has 6 nitrogen and oxygen atoms in total. The fourth-order valence-electron chi connectivity index (χ4n) is 2.58. The molecule has 0 bridgehead atoms. The number of nitrogens with zero attached hydrogens (tertiary/aromatic N) is 2. The van der Waals surface area contributed by atoms with Crippen molar-refractivity contribution >= 4 is 33.2 Å². The third-order valence-corrected chi connectivity index (χ3v) is 6.74. The van der Waals surface area contributed by atoms with E-state index in [0.29, 0.717) is 17.1 Å². The van der Waals surface area contributed by atoms with Crippen LogP contribution in [-0.4, -0.2) is 36.0 Å². The Labute approximate surface area is 174 Å². The maximum absolute atomic E-state index is 12.2. The van der Waals surface area contributed by atoms with Crippen molar-refractivity contribution in [2.45, 2.75) is 17.7 Å². The SMILES string of the molecule is CCS(=O)(=O)c1ccc(-c2cccc(NC(=O)CSCc3ccccc3)c2)nn1. The molecule has 0 spiro atoms. The van der Waals surface area contributed by atoms with E-state index in [2.05, 4.69) is 15.5 Å². The van der Waals surface area contributed by atoms with Crippen LogP contribution in [0.1, 0.15) is 12.5 Å². The fraction of sp³-hybridized carbons (Fsp3) is 0.190. The van der Waals surface area contributed by atoms with Crippen LogP contribution < -0.4 is 5.32 Å². The van der Waals surface area contributed by atoms with Crippen molar-refractivity contribution in [2.24, 2.45) is 0 Å². The average Bonchev–Trinajstić information content (AvgIpc) is 2.75. The maximum Gasteiger partial charge on any atom is 0.234 e. The van der Waals surface area contributed by atoms with Gasteiger partial charge in [-0.1, -0.05) is 49.4 Å². The van der Waals surface area contributed by atoms with Gasteiger partial charge < -0.3 is 5.32 Å². The van der Waals surface area contributed by atoms with Crippen molar-refractivity contribution in [3.05, 3.63) is 72.3 Å². The van der Waals surface area contributed by atoms with E-state index in [-0.39, 0.29) is 16.7 Å². The highest BCUT2D eigenvalue weighted by atomic mass is 32.2. The minimum atomic E-state index is -3.38. The molecule has 29 heavy (non-hydrogen) atoms. The predicted molar refractivity (Wildman–Crippen MR) is 116 cm³/mol. The van der Waals surface area contributed by atoms with Crippen LogP contribution in [0.25, 0.3) is 11.3 Å². The highest BCUT2D eigenvalue weighted by Crippen LogP contribution is 2.22. The van der Waals surface area contributed by atoms with Crippen molar-refractivity contribution in [2.75, 3.05) is 16.8 Å². The number of hydrogen-bond acceptors (Lipinski definition) is 6. The average molecular weight is 428 g/mol. The Hall–Kier alpha value is -2.71. The molecule has 0 aliphatic heterocycles. The predicted octanol–water partition coefficient (Wildman–Crippen LogP) is 3.81. The van der Waals surface area contributed by atoms with Crippen LogP contribution >= 0.6 is 11.8 Å². The number of aromatic nitrogens is 2. The second-order valence-electron chi connectivity index (χ2n) is 6.27. The first-order chi connectivity index (χ1) is 14.0. The van der Waals surface area contributed by atoms with Gasteiger partial charge in [0.2, 0.25) is 5.91 Å². The van der Waals surface area contributed by atoms with Crippen LogP contribution in [0, 0.1) is 0 Å². The van der Waals surface area contributed by atoms with E-state index < -0.39 is 9.84 Å². The lowest BCUT2D eigenvalue weighted by molar-refractivity contribution is -0.113. The van der Waals surface area contributed by atoms with E-state index in [1.807, 2.05) is 36.4 Å². The number of anilines is 1.